The number of nitrogens with zero attached hydrogens (tertiary/aromatic N) is 3. The fourth-order valence-electron chi connectivity index (χ4n) is 3.79. The van der Waals surface area contributed by atoms with Gasteiger partial charge in [-0.3, -0.25) is 9.36 Å². The first-order valence-electron chi connectivity index (χ1n) is 10.5. The molecule has 0 spiro atoms. The molecule has 0 aliphatic heterocycles. The van der Waals surface area contributed by atoms with Crippen LogP contribution in [0.1, 0.15) is 43.7 Å². The van der Waals surface area contributed by atoms with Crippen molar-refractivity contribution in [3.8, 4) is 17.3 Å². The number of halogens is 2. The predicted molar refractivity (Wildman–Crippen MR) is 115 cm³/mol. The molecule has 0 saturated heterocycles. The molecule has 1 aliphatic carbocycles. The summed E-state index contributed by atoms with van der Waals surface area (Å²) >= 11 is 1.34. The molecule has 1 aromatic carbocycles. The first-order chi connectivity index (χ1) is 15.6. The van der Waals surface area contributed by atoms with Gasteiger partial charge in [-0.1, -0.05) is 43.2 Å². The van der Waals surface area contributed by atoms with Gasteiger partial charge in [-0.15, -0.1) is 10.2 Å². The van der Waals surface area contributed by atoms with E-state index in [1.807, 2.05) is 12.1 Å². The van der Waals surface area contributed by atoms with Gasteiger partial charge in [0.2, 0.25) is 11.7 Å². The second-order valence-corrected chi connectivity index (χ2v) is 8.48. The third kappa shape index (κ3) is 5.67. The Kier molecular flexibility index (Phi) is 7.41. The molecule has 1 fully saturated rings. The summed E-state index contributed by atoms with van der Waals surface area (Å²) in [6.07, 6.45) is 7.27. The number of ether oxygens (including phenoxy) is 1. The standard InChI is InChI=1S/C22H24F2N4O3S/c23-21(24)31-17-10-8-15(9-11-17)13-25-19(29)14-32-22-27-26-20(18-7-4-12-30-18)28(22)16-5-2-1-3-6-16/h4,7-12,16,21H,1-3,5-6,13-14H2,(H,25,29). The van der Waals surface area contributed by atoms with Gasteiger partial charge < -0.3 is 14.5 Å². The van der Waals surface area contributed by atoms with E-state index in [0.29, 0.717) is 29.3 Å². The van der Waals surface area contributed by atoms with Crippen molar-refractivity contribution in [1.82, 2.24) is 20.1 Å². The van der Waals surface area contributed by atoms with E-state index in [1.54, 1.807) is 18.4 Å². The molecule has 1 aliphatic rings. The monoisotopic (exact) mass is 462 g/mol. The van der Waals surface area contributed by atoms with Crippen LogP contribution >= 0.6 is 11.8 Å². The molecule has 3 aromatic rings. The number of nitrogens with one attached hydrogen (secondary N) is 1. The van der Waals surface area contributed by atoms with Crippen LogP contribution in [0, 0.1) is 0 Å². The number of hydrogen-bond acceptors (Lipinski definition) is 6. The molecule has 1 saturated carbocycles. The Morgan fingerprint density at radius 1 is 1.19 bits per heavy atom. The molecular formula is C22H24F2N4O3S. The number of amides is 1. The number of carbonyl (C=O) groups is 1. The van der Waals surface area contributed by atoms with Crippen molar-refractivity contribution in [2.24, 2.45) is 0 Å². The second kappa shape index (κ2) is 10.6. The Labute approximate surface area is 188 Å². The molecule has 0 radical (unpaired) electrons. The molecule has 1 amide bonds. The minimum Gasteiger partial charge on any atom is -0.461 e. The number of thioether (sulfide) groups is 1. The van der Waals surface area contributed by atoms with Gasteiger partial charge in [0.25, 0.3) is 0 Å². The number of hydrogen-bond donors (Lipinski definition) is 1. The van der Waals surface area contributed by atoms with E-state index >= 15 is 0 Å². The lowest BCUT2D eigenvalue weighted by Gasteiger charge is -2.25. The van der Waals surface area contributed by atoms with Gasteiger partial charge in [0.05, 0.1) is 12.0 Å². The number of benzene rings is 1. The Morgan fingerprint density at radius 3 is 2.66 bits per heavy atom. The highest BCUT2D eigenvalue weighted by atomic mass is 32.2. The maximum atomic E-state index is 12.4. The van der Waals surface area contributed by atoms with Crippen LogP contribution in [0.25, 0.3) is 11.6 Å². The molecule has 0 atom stereocenters. The molecule has 170 valence electrons. The maximum absolute atomic E-state index is 12.4. The van der Waals surface area contributed by atoms with Gasteiger partial charge in [0, 0.05) is 12.6 Å². The number of carbonyl (C=O) groups excluding carboxylic acids is 1. The van der Waals surface area contributed by atoms with Crippen LogP contribution in [0.3, 0.4) is 0 Å². The largest absolute Gasteiger partial charge is 0.461 e. The zero-order valence-corrected chi connectivity index (χ0v) is 18.2. The fourth-order valence-corrected chi connectivity index (χ4v) is 4.62. The summed E-state index contributed by atoms with van der Waals surface area (Å²) in [5.41, 5.74) is 0.787. The van der Waals surface area contributed by atoms with E-state index in [0.717, 1.165) is 31.2 Å². The van der Waals surface area contributed by atoms with Crippen LogP contribution in [-0.4, -0.2) is 33.0 Å². The summed E-state index contributed by atoms with van der Waals surface area (Å²) < 4.78 is 36.4. The average molecular weight is 463 g/mol. The SMILES string of the molecule is O=C(CSc1nnc(-c2ccco2)n1C1CCCCC1)NCc1ccc(OC(F)F)cc1. The molecular weight excluding hydrogens is 438 g/mol. The number of furan rings is 1. The summed E-state index contributed by atoms with van der Waals surface area (Å²) in [4.78, 5) is 12.4. The van der Waals surface area contributed by atoms with Gasteiger partial charge in [-0.05, 0) is 42.7 Å². The molecule has 0 bridgehead atoms. The van der Waals surface area contributed by atoms with Crippen molar-refractivity contribution < 1.29 is 22.7 Å². The van der Waals surface area contributed by atoms with E-state index in [2.05, 4.69) is 24.8 Å². The van der Waals surface area contributed by atoms with Crippen LogP contribution < -0.4 is 10.1 Å². The Balaban J connectivity index is 1.36. The summed E-state index contributed by atoms with van der Waals surface area (Å²) in [5.74, 6) is 1.48. The molecule has 10 heteroatoms. The van der Waals surface area contributed by atoms with Crippen LogP contribution in [0.2, 0.25) is 0 Å². The Morgan fingerprint density at radius 2 is 1.97 bits per heavy atom. The van der Waals surface area contributed by atoms with Crippen molar-refractivity contribution in [2.75, 3.05) is 5.75 Å². The van der Waals surface area contributed by atoms with E-state index in [-0.39, 0.29) is 17.4 Å². The van der Waals surface area contributed by atoms with Crippen molar-refractivity contribution in [3.05, 3.63) is 48.2 Å². The summed E-state index contributed by atoms with van der Waals surface area (Å²) in [6, 6.07) is 10.2. The molecule has 0 unspecified atom stereocenters. The van der Waals surface area contributed by atoms with E-state index in [1.165, 1.54) is 30.3 Å². The number of aromatic nitrogens is 3. The zero-order valence-electron chi connectivity index (χ0n) is 17.4. The van der Waals surface area contributed by atoms with E-state index in [9.17, 15) is 13.6 Å². The summed E-state index contributed by atoms with van der Waals surface area (Å²) in [5, 5.41) is 12.2. The van der Waals surface area contributed by atoms with Gasteiger partial charge in [0.1, 0.15) is 5.75 Å². The van der Waals surface area contributed by atoms with Gasteiger partial charge >= 0.3 is 6.61 Å². The normalized spacial score (nSPS) is 14.6. The van der Waals surface area contributed by atoms with Crippen LogP contribution in [0.5, 0.6) is 5.75 Å². The highest BCUT2D eigenvalue weighted by Gasteiger charge is 2.25. The van der Waals surface area contributed by atoms with Crippen LogP contribution in [0.15, 0.2) is 52.2 Å². The smallest absolute Gasteiger partial charge is 0.387 e. The van der Waals surface area contributed by atoms with Crippen molar-refractivity contribution >= 4 is 17.7 Å². The maximum Gasteiger partial charge on any atom is 0.387 e. The zero-order chi connectivity index (χ0) is 22.3. The molecule has 4 rings (SSSR count). The van der Waals surface area contributed by atoms with Crippen molar-refractivity contribution in [3.63, 3.8) is 0 Å². The first-order valence-corrected chi connectivity index (χ1v) is 11.5. The topological polar surface area (TPSA) is 82.2 Å². The van der Waals surface area contributed by atoms with Crippen molar-refractivity contribution in [1.29, 1.82) is 0 Å². The summed E-state index contributed by atoms with van der Waals surface area (Å²) in [6.45, 7) is -2.57. The van der Waals surface area contributed by atoms with Gasteiger partial charge in [-0.25, -0.2) is 0 Å². The highest BCUT2D eigenvalue weighted by molar-refractivity contribution is 7.99. The third-order valence-corrected chi connectivity index (χ3v) is 6.26. The lowest BCUT2D eigenvalue weighted by molar-refractivity contribution is -0.118. The van der Waals surface area contributed by atoms with Gasteiger partial charge in [0.15, 0.2) is 10.9 Å². The average Bonchev–Trinajstić information content (AvgIpc) is 3.47. The minimum absolute atomic E-state index is 0.0834. The molecule has 1 N–H and O–H groups in total. The molecule has 2 aromatic heterocycles. The predicted octanol–water partition coefficient (Wildman–Crippen LogP) is 5.05. The molecule has 2 heterocycles. The van der Waals surface area contributed by atoms with Crippen LogP contribution in [-0.2, 0) is 11.3 Å². The van der Waals surface area contributed by atoms with E-state index < -0.39 is 6.61 Å². The molecule has 32 heavy (non-hydrogen) atoms. The lowest BCUT2D eigenvalue weighted by Crippen LogP contribution is -2.25. The second-order valence-electron chi connectivity index (χ2n) is 7.53. The minimum atomic E-state index is -2.86. The van der Waals surface area contributed by atoms with E-state index in [4.69, 9.17) is 4.42 Å². The number of alkyl halides is 2. The van der Waals surface area contributed by atoms with Crippen LogP contribution in [0.4, 0.5) is 8.78 Å². The lowest BCUT2D eigenvalue weighted by atomic mass is 9.95. The third-order valence-electron chi connectivity index (χ3n) is 5.32. The Hall–Kier alpha value is -2.88. The quantitative estimate of drug-likeness (QED) is 0.448. The van der Waals surface area contributed by atoms with Crippen molar-refractivity contribution in [2.45, 2.75) is 56.5 Å². The Bertz CT molecular complexity index is 1000. The fraction of sp³-hybridized carbons (Fsp3) is 0.409. The first kappa shape index (κ1) is 22.3. The summed E-state index contributed by atoms with van der Waals surface area (Å²) in [7, 11) is 0. The molecule has 7 nitrogen and oxygen atoms in total. The number of rotatable bonds is 9. The van der Waals surface area contributed by atoms with Gasteiger partial charge in [-0.2, -0.15) is 8.78 Å². The highest BCUT2D eigenvalue weighted by Crippen LogP contribution is 2.35.